The molecular formula is C24H21BrKNO4. The molecule has 7 heteroatoms. The van der Waals surface area contributed by atoms with E-state index in [1.54, 1.807) is 31.4 Å². The van der Waals surface area contributed by atoms with E-state index >= 15 is 0 Å². The maximum Gasteiger partial charge on any atom is 1.00 e. The standard InChI is InChI=1S/C24H21NO4.BrH.K/c1-28-21-13-18-12-20(24(27)19(18)14-22(21)29-2)23(26)17-8-10-25(11-9-17)15-16-6-4-3-5-7-16;;/h3-11,13-14H,12,15H2,1-2H3;1H;/q;;+1/p-1. The summed E-state index contributed by atoms with van der Waals surface area (Å²) in [7, 11) is 3.07. The van der Waals surface area contributed by atoms with Crippen molar-refractivity contribution in [2.75, 3.05) is 14.2 Å². The molecule has 4 rings (SSSR count). The van der Waals surface area contributed by atoms with Crippen LogP contribution in [-0.4, -0.2) is 20.0 Å². The number of Topliss-reactive ketones (excluding diaryl/α,β-unsaturated/α-hetero) is 1. The summed E-state index contributed by atoms with van der Waals surface area (Å²) < 4.78 is 12.6. The summed E-state index contributed by atoms with van der Waals surface area (Å²) in [5, 5.41) is 13.0. The average Bonchev–Trinajstić information content (AvgIpc) is 3.09. The monoisotopic (exact) mass is 505 g/mol. The molecule has 0 radical (unpaired) electrons. The van der Waals surface area contributed by atoms with E-state index < -0.39 is 0 Å². The van der Waals surface area contributed by atoms with Gasteiger partial charge in [-0.15, -0.1) is 0 Å². The molecule has 0 fully saturated rings. The first kappa shape index (κ1) is 25.8. The second-order valence-electron chi connectivity index (χ2n) is 6.92. The molecule has 1 aliphatic carbocycles. The zero-order chi connectivity index (χ0) is 20.4. The van der Waals surface area contributed by atoms with Crippen molar-refractivity contribution in [2.24, 2.45) is 0 Å². The predicted octanol–water partition coefficient (Wildman–Crippen LogP) is -3.44. The van der Waals surface area contributed by atoms with Crippen molar-refractivity contribution < 1.29 is 92.3 Å². The number of pyridine rings is 1. The molecule has 3 aromatic rings. The average molecular weight is 506 g/mol. The Labute approximate surface area is 234 Å². The van der Waals surface area contributed by atoms with Crippen LogP contribution in [0.5, 0.6) is 11.5 Å². The van der Waals surface area contributed by atoms with Crippen LogP contribution in [0.2, 0.25) is 0 Å². The fraction of sp³-hybridized carbons (Fsp3) is 0.167. The molecule has 0 atom stereocenters. The van der Waals surface area contributed by atoms with E-state index in [9.17, 15) is 9.90 Å². The minimum Gasteiger partial charge on any atom is -1.00 e. The zero-order valence-electron chi connectivity index (χ0n) is 17.7. The molecule has 1 heterocycles. The van der Waals surface area contributed by atoms with Crippen LogP contribution in [-0.2, 0) is 13.0 Å². The van der Waals surface area contributed by atoms with Crippen molar-refractivity contribution in [3.8, 4) is 11.5 Å². The number of allylic oxidation sites excluding steroid dienone is 1. The Hall–Kier alpha value is -1.48. The number of halogens is 1. The third kappa shape index (κ3) is 5.47. The normalized spacial score (nSPS) is 13.5. The second-order valence-corrected chi connectivity index (χ2v) is 6.92. The van der Waals surface area contributed by atoms with Crippen LogP contribution in [0, 0.1) is 0 Å². The molecule has 0 spiro atoms. The Balaban J connectivity index is 0.00000171. The Kier molecular flexibility index (Phi) is 9.48. The summed E-state index contributed by atoms with van der Waals surface area (Å²) in [5.74, 6) is 0.548. The second kappa shape index (κ2) is 11.4. The van der Waals surface area contributed by atoms with Crippen LogP contribution >= 0.6 is 0 Å². The number of ketones is 1. The van der Waals surface area contributed by atoms with Crippen molar-refractivity contribution >= 4 is 11.5 Å². The molecule has 1 aliphatic rings. The number of carbonyl (C=O) groups excluding carboxylic acids is 1. The summed E-state index contributed by atoms with van der Waals surface area (Å²) in [6, 6.07) is 17.0. The number of hydrogen-bond acceptors (Lipinski definition) is 4. The molecule has 5 nitrogen and oxygen atoms in total. The van der Waals surface area contributed by atoms with Gasteiger partial charge in [0.15, 0.2) is 36.2 Å². The van der Waals surface area contributed by atoms with E-state index in [-0.39, 0.29) is 85.5 Å². The maximum atomic E-state index is 13.0. The smallest absolute Gasteiger partial charge is 1.00 e. The van der Waals surface area contributed by atoms with E-state index in [1.165, 1.54) is 12.7 Å². The number of methoxy groups -OCH3 is 2. The SMILES string of the molecule is COc1cc2c(cc1OC)C(=O)/C(=C(\[O-])c1cc[n+](Cc3ccccc3)cc1)C2.[Br-].[K+]. The summed E-state index contributed by atoms with van der Waals surface area (Å²) in [5.41, 5.74) is 3.24. The van der Waals surface area contributed by atoms with Gasteiger partial charge in [-0.2, -0.15) is 0 Å². The molecule has 0 amide bonds. The van der Waals surface area contributed by atoms with Gasteiger partial charge >= 0.3 is 51.4 Å². The van der Waals surface area contributed by atoms with Gasteiger partial charge in [0.1, 0.15) is 0 Å². The molecule has 0 aliphatic heterocycles. The van der Waals surface area contributed by atoms with Crippen LogP contribution in [0.1, 0.15) is 27.0 Å². The quantitative estimate of drug-likeness (QED) is 0.157. The largest absolute Gasteiger partial charge is 1.00 e. The van der Waals surface area contributed by atoms with Gasteiger partial charge in [0.2, 0.25) is 0 Å². The molecule has 31 heavy (non-hydrogen) atoms. The topological polar surface area (TPSA) is 62.5 Å². The van der Waals surface area contributed by atoms with E-state index in [1.807, 2.05) is 35.2 Å². The fourth-order valence-corrected chi connectivity index (χ4v) is 3.58. The molecule has 0 saturated carbocycles. The zero-order valence-corrected chi connectivity index (χ0v) is 22.4. The van der Waals surface area contributed by atoms with Crippen LogP contribution in [0.4, 0.5) is 0 Å². The molecular weight excluding hydrogens is 485 g/mol. The van der Waals surface area contributed by atoms with Crippen molar-refractivity contribution in [3.63, 3.8) is 0 Å². The Morgan fingerprint density at radius 3 is 2.23 bits per heavy atom. The molecule has 2 aromatic carbocycles. The minimum atomic E-state index is -0.244. The maximum absolute atomic E-state index is 13.0. The van der Waals surface area contributed by atoms with Gasteiger partial charge in [-0.05, 0) is 28.8 Å². The van der Waals surface area contributed by atoms with Crippen molar-refractivity contribution in [1.82, 2.24) is 0 Å². The number of nitrogens with zero attached hydrogens (tertiary/aromatic N) is 1. The van der Waals surface area contributed by atoms with Crippen LogP contribution in [0.15, 0.2) is 72.6 Å². The molecule has 0 N–H and O–H groups in total. The molecule has 154 valence electrons. The molecule has 0 bridgehead atoms. The first-order valence-electron chi connectivity index (χ1n) is 9.34. The van der Waals surface area contributed by atoms with Crippen LogP contribution in [0.25, 0.3) is 5.76 Å². The van der Waals surface area contributed by atoms with Crippen molar-refractivity contribution in [3.05, 3.63) is 94.8 Å². The third-order valence-electron chi connectivity index (χ3n) is 5.13. The Morgan fingerprint density at radius 1 is 1.00 bits per heavy atom. The first-order valence-corrected chi connectivity index (χ1v) is 9.34. The molecule has 1 aromatic heterocycles. The van der Waals surface area contributed by atoms with Gasteiger partial charge < -0.3 is 31.6 Å². The number of hydrogen-bond donors (Lipinski definition) is 0. The summed E-state index contributed by atoms with van der Waals surface area (Å²) in [4.78, 5) is 12.8. The number of carbonyl (C=O) groups is 1. The van der Waals surface area contributed by atoms with E-state index in [0.717, 1.165) is 12.1 Å². The first-order chi connectivity index (χ1) is 14.1. The van der Waals surface area contributed by atoms with Gasteiger partial charge in [-0.3, -0.25) is 4.79 Å². The summed E-state index contributed by atoms with van der Waals surface area (Å²) >= 11 is 0. The van der Waals surface area contributed by atoms with Crippen molar-refractivity contribution in [1.29, 1.82) is 0 Å². The Bertz CT molecular complexity index is 1100. The number of ether oxygens (including phenoxy) is 2. The van der Waals surface area contributed by atoms with Gasteiger partial charge in [-0.25, -0.2) is 4.57 Å². The van der Waals surface area contributed by atoms with Crippen molar-refractivity contribution in [2.45, 2.75) is 13.0 Å². The Morgan fingerprint density at radius 2 is 1.61 bits per heavy atom. The number of fused-ring (bicyclic) bond motifs is 1. The number of benzene rings is 2. The van der Waals surface area contributed by atoms with Gasteiger partial charge in [0, 0.05) is 29.7 Å². The number of rotatable bonds is 5. The van der Waals surface area contributed by atoms with E-state index in [0.29, 0.717) is 29.0 Å². The number of aromatic nitrogens is 1. The van der Waals surface area contributed by atoms with E-state index in [4.69, 9.17) is 9.47 Å². The van der Waals surface area contributed by atoms with Crippen LogP contribution < -0.4 is 87.5 Å². The van der Waals surface area contributed by atoms with Gasteiger partial charge in [0.25, 0.3) is 0 Å². The van der Waals surface area contributed by atoms with Gasteiger partial charge in [-0.1, -0.05) is 36.1 Å². The van der Waals surface area contributed by atoms with E-state index in [2.05, 4.69) is 12.1 Å². The van der Waals surface area contributed by atoms with Crippen LogP contribution in [0.3, 0.4) is 0 Å². The van der Waals surface area contributed by atoms with Gasteiger partial charge in [0.05, 0.1) is 14.2 Å². The summed E-state index contributed by atoms with van der Waals surface area (Å²) in [6.07, 6.45) is 4.02. The minimum absolute atomic E-state index is 0. The third-order valence-corrected chi connectivity index (χ3v) is 5.13. The summed E-state index contributed by atoms with van der Waals surface area (Å²) in [6.45, 7) is 0.718. The fourth-order valence-electron chi connectivity index (χ4n) is 3.58. The molecule has 0 unspecified atom stereocenters. The predicted molar refractivity (Wildman–Crippen MR) is 107 cm³/mol. The molecule has 0 saturated heterocycles.